The minimum Gasteiger partial charge on any atom is -0.465 e. The number of hydrogen-bond donors (Lipinski definition) is 2. The van der Waals surface area contributed by atoms with Crippen molar-refractivity contribution >= 4 is 27.8 Å². The number of esters is 1. The number of fused-ring (bicyclic) bond motifs is 1. The van der Waals surface area contributed by atoms with Crippen LogP contribution in [0.25, 0.3) is 11.1 Å². The molecule has 3 aromatic carbocycles. The Hall–Kier alpha value is -4.02. The highest BCUT2D eigenvalue weighted by molar-refractivity contribution is 7.89. The number of piperazine rings is 1. The molecule has 0 spiro atoms. The van der Waals surface area contributed by atoms with Crippen molar-refractivity contribution in [3.63, 3.8) is 0 Å². The van der Waals surface area contributed by atoms with Crippen molar-refractivity contribution in [1.29, 1.82) is 0 Å². The molecular weight excluding hydrogens is 542 g/mol. The molecule has 0 radical (unpaired) electrons. The van der Waals surface area contributed by atoms with Crippen LogP contribution in [0.1, 0.15) is 52.4 Å². The first-order chi connectivity index (χ1) is 19.7. The van der Waals surface area contributed by atoms with Gasteiger partial charge in [0, 0.05) is 13.1 Å². The smallest absolute Gasteiger partial charge is 0.337 e. The van der Waals surface area contributed by atoms with Crippen molar-refractivity contribution in [2.75, 3.05) is 20.2 Å². The third-order valence-electron chi connectivity index (χ3n) is 7.70. The van der Waals surface area contributed by atoms with Gasteiger partial charge in [-0.15, -0.1) is 0 Å². The molecule has 0 aromatic heterocycles. The SMILES string of the molecule is COC(=O)c1cccc(-c2ccc3c(c2)CCC[C@H]3NC(=O)C[C@H]2C(=O)NCCN2S(=O)(=O)c2ccc(C)cc2)c1. The summed E-state index contributed by atoms with van der Waals surface area (Å²) in [5.74, 6) is -1.27. The van der Waals surface area contributed by atoms with Crippen molar-refractivity contribution in [1.82, 2.24) is 14.9 Å². The Morgan fingerprint density at radius 1 is 1.05 bits per heavy atom. The lowest BCUT2D eigenvalue weighted by Gasteiger charge is -2.34. The van der Waals surface area contributed by atoms with E-state index in [-0.39, 0.29) is 36.4 Å². The Morgan fingerprint density at radius 3 is 2.56 bits per heavy atom. The van der Waals surface area contributed by atoms with E-state index >= 15 is 0 Å². The molecule has 2 N–H and O–H groups in total. The van der Waals surface area contributed by atoms with E-state index < -0.39 is 27.9 Å². The maximum atomic E-state index is 13.4. The van der Waals surface area contributed by atoms with E-state index in [4.69, 9.17) is 4.74 Å². The fourth-order valence-corrected chi connectivity index (χ4v) is 7.13. The fourth-order valence-electron chi connectivity index (χ4n) is 5.54. The molecule has 9 nitrogen and oxygen atoms in total. The average Bonchev–Trinajstić information content (AvgIpc) is 2.98. The molecule has 1 heterocycles. The van der Waals surface area contributed by atoms with Crippen LogP contribution in [0.4, 0.5) is 0 Å². The number of methoxy groups -OCH3 is 1. The lowest BCUT2D eigenvalue weighted by Crippen LogP contribution is -2.58. The highest BCUT2D eigenvalue weighted by Gasteiger charge is 2.40. The number of sulfonamides is 1. The van der Waals surface area contributed by atoms with E-state index in [0.717, 1.165) is 51.4 Å². The minimum absolute atomic E-state index is 0.0894. The number of ether oxygens (including phenoxy) is 1. The Labute approximate surface area is 239 Å². The number of nitrogens with zero attached hydrogens (tertiary/aromatic N) is 1. The number of carbonyl (C=O) groups excluding carboxylic acids is 3. The summed E-state index contributed by atoms with van der Waals surface area (Å²) in [4.78, 5) is 38.1. The van der Waals surface area contributed by atoms with Gasteiger partial charge in [-0.25, -0.2) is 13.2 Å². The van der Waals surface area contributed by atoms with Crippen molar-refractivity contribution in [2.45, 2.75) is 49.6 Å². The van der Waals surface area contributed by atoms with Crippen LogP contribution in [0.3, 0.4) is 0 Å². The van der Waals surface area contributed by atoms with E-state index in [2.05, 4.69) is 16.7 Å². The van der Waals surface area contributed by atoms with Gasteiger partial charge < -0.3 is 15.4 Å². The van der Waals surface area contributed by atoms with Gasteiger partial charge in [0.15, 0.2) is 0 Å². The summed E-state index contributed by atoms with van der Waals surface area (Å²) < 4.78 is 32.8. The van der Waals surface area contributed by atoms with E-state index in [1.165, 1.54) is 19.2 Å². The second kappa shape index (κ2) is 11.8. The van der Waals surface area contributed by atoms with E-state index in [1.54, 1.807) is 24.3 Å². The molecule has 3 aromatic rings. The predicted octanol–water partition coefficient (Wildman–Crippen LogP) is 3.52. The van der Waals surface area contributed by atoms with Crippen molar-refractivity contribution < 1.29 is 27.5 Å². The maximum Gasteiger partial charge on any atom is 0.337 e. The summed E-state index contributed by atoms with van der Waals surface area (Å²) in [6.45, 7) is 2.14. The van der Waals surface area contributed by atoms with Gasteiger partial charge in [-0.05, 0) is 72.7 Å². The van der Waals surface area contributed by atoms with Crippen LogP contribution in [-0.4, -0.2) is 56.7 Å². The van der Waals surface area contributed by atoms with Gasteiger partial charge in [0.05, 0.1) is 30.0 Å². The Bertz CT molecular complexity index is 1590. The van der Waals surface area contributed by atoms with Gasteiger partial charge in [-0.3, -0.25) is 9.59 Å². The molecule has 2 amide bonds. The number of amides is 2. The molecule has 1 aliphatic carbocycles. The van der Waals surface area contributed by atoms with Gasteiger partial charge in [0.25, 0.3) is 0 Å². The second-order valence-electron chi connectivity index (χ2n) is 10.4. The molecule has 1 fully saturated rings. The van der Waals surface area contributed by atoms with E-state index in [9.17, 15) is 22.8 Å². The third-order valence-corrected chi connectivity index (χ3v) is 9.62. The number of hydrogen-bond acceptors (Lipinski definition) is 6. The molecule has 2 atom stereocenters. The molecule has 5 rings (SSSR count). The highest BCUT2D eigenvalue weighted by Crippen LogP contribution is 2.33. The number of benzene rings is 3. The zero-order chi connectivity index (χ0) is 29.1. The lowest BCUT2D eigenvalue weighted by molar-refractivity contribution is -0.132. The molecule has 41 heavy (non-hydrogen) atoms. The van der Waals surface area contributed by atoms with Crippen molar-refractivity contribution in [3.8, 4) is 11.1 Å². The summed E-state index contributed by atoms with van der Waals surface area (Å²) in [7, 11) is -2.62. The zero-order valence-corrected chi connectivity index (χ0v) is 23.9. The predicted molar refractivity (Wildman–Crippen MR) is 154 cm³/mol. The van der Waals surface area contributed by atoms with Gasteiger partial charge in [0.2, 0.25) is 21.8 Å². The molecule has 2 aliphatic rings. The van der Waals surface area contributed by atoms with Gasteiger partial charge in [0.1, 0.15) is 6.04 Å². The molecule has 0 unspecified atom stereocenters. The molecule has 1 aliphatic heterocycles. The van der Waals surface area contributed by atoms with Crippen LogP contribution in [0.15, 0.2) is 71.6 Å². The highest BCUT2D eigenvalue weighted by atomic mass is 32.2. The van der Waals surface area contributed by atoms with Crippen LogP contribution in [0.2, 0.25) is 0 Å². The summed E-state index contributed by atoms with van der Waals surface area (Å²) in [5, 5.41) is 5.75. The summed E-state index contributed by atoms with van der Waals surface area (Å²) in [6.07, 6.45) is 2.17. The first-order valence-corrected chi connectivity index (χ1v) is 15.1. The molecule has 10 heteroatoms. The van der Waals surface area contributed by atoms with Gasteiger partial charge in [-0.2, -0.15) is 4.31 Å². The van der Waals surface area contributed by atoms with Crippen molar-refractivity contribution in [3.05, 3.63) is 89.0 Å². The van der Waals surface area contributed by atoms with Crippen LogP contribution in [-0.2, 0) is 30.8 Å². The van der Waals surface area contributed by atoms with Crippen LogP contribution >= 0.6 is 0 Å². The lowest BCUT2D eigenvalue weighted by atomic mass is 9.85. The van der Waals surface area contributed by atoms with Crippen LogP contribution in [0, 0.1) is 6.92 Å². The topological polar surface area (TPSA) is 122 Å². The molecule has 0 bridgehead atoms. The molecular formula is C31H33N3O6S. The normalized spacial score (nSPS) is 19.1. The monoisotopic (exact) mass is 575 g/mol. The minimum atomic E-state index is -3.97. The average molecular weight is 576 g/mol. The summed E-state index contributed by atoms with van der Waals surface area (Å²) in [6, 6.07) is 18.3. The van der Waals surface area contributed by atoms with Crippen LogP contribution in [0.5, 0.6) is 0 Å². The first-order valence-electron chi connectivity index (χ1n) is 13.6. The van der Waals surface area contributed by atoms with E-state index in [0.29, 0.717) is 5.56 Å². The third kappa shape index (κ3) is 6.03. The summed E-state index contributed by atoms with van der Waals surface area (Å²) in [5.41, 5.74) is 5.33. The molecule has 1 saturated heterocycles. The standard InChI is InChI=1S/C31H33N3O6S/c1-20-9-12-25(13-10-20)41(38,39)34-16-15-32-30(36)28(34)19-29(35)33-27-8-4-6-23-17-22(11-14-26(23)27)21-5-3-7-24(18-21)31(37)40-2/h3,5,7,9-14,17-18,27-28H,4,6,8,15-16,19H2,1-2H3,(H,32,36)(H,33,35)/t27-,28+/m1/s1. The summed E-state index contributed by atoms with van der Waals surface area (Å²) >= 11 is 0. The number of aryl methyl sites for hydroxylation is 2. The van der Waals surface area contributed by atoms with Crippen LogP contribution < -0.4 is 10.6 Å². The Morgan fingerprint density at radius 2 is 1.80 bits per heavy atom. The number of nitrogens with one attached hydrogen (secondary N) is 2. The maximum absolute atomic E-state index is 13.4. The van der Waals surface area contributed by atoms with Crippen molar-refractivity contribution in [2.24, 2.45) is 0 Å². The van der Waals surface area contributed by atoms with E-state index in [1.807, 2.05) is 31.2 Å². The quantitative estimate of drug-likeness (QED) is 0.416. The number of carbonyl (C=O) groups is 3. The molecule has 214 valence electrons. The van der Waals surface area contributed by atoms with Gasteiger partial charge in [-0.1, -0.05) is 48.0 Å². The Kier molecular flexibility index (Phi) is 8.23. The fraction of sp³-hybridized carbons (Fsp3) is 0.323. The van der Waals surface area contributed by atoms with Gasteiger partial charge >= 0.3 is 5.97 Å². The zero-order valence-electron chi connectivity index (χ0n) is 23.1. The first kappa shape index (κ1) is 28.5. The largest absolute Gasteiger partial charge is 0.465 e. The second-order valence-corrected chi connectivity index (χ2v) is 12.3. The Balaban J connectivity index is 1.32. The number of rotatable bonds is 7. The molecule has 0 saturated carbocycles.